The molecule has 0 aliphatic carbocycles. The average molecular weight is 484 g/mol. The minimum Gasteiger partial charge on any atom is -0.281 e. The molecular weight excluding hydrogens is 471 g/mol. The highest BCUT2D eigenvalue weighted by atomic mass is 35.5. The number of aromatic amines is 1. The van der Waals surface area contributed by atoms with E-state index in [1.807, 2.05) is 6.92 Å². The van der Waals surface area contributed by atoms with Crippen LogP contribution in [0.4, 0.5) is 5.13 Å². The van der Waals surface area contributed by atoms with Crippen molar-refractivity contribution in [2.24, 2.45) is 0 Å². The largest absolute Gasteiger partial charge is 0.449 e. The summed E-state index contributed by atoms with van der Waals surface area (Å²) >= 11 is 13.4. The SMILES string of the molecule is Cc1ccc(-[n+]2[nH]oc(=O)c2S(=O)(=O)Nc2nc(-c3c(Cl)cccc3Cl)cs2)cc1. The summed E-state index contributed by atoms with van der Waals surface area (Å²) in [5.74, 6) is 0. The van der Waals surface area contributed by atoms with Gasteiger partial charge in [-0.05, 0) is 29.0 Å². The molecule has 2 N–H and O–H groups in total. The highest BCUT2D eigenvalue weighted by Crippen LogP contribution is 2.36. The third-order valence-corrected chi connectivity index (χ3v) is 6.94. The molecule has 154 valence electrons. The minimum absolute atomic E-state index is 0.0389. The van der Waals surface area contributed by atoms with Crippen molar-refractivity contribution in [3.8, 4) is 16.9 Å². The van der Waals surface area contributed by atoms with Gasteiger partial charge in [-0.2, -0.15) is 8.42 Å². The fourth-order valence-corrected chi connectivity index (χ4v) is 5.37. The zero-order chi connectivity index (χ0) is 21.5. The molecule has 0 bridgehead atoms. The normalized spacial score (nSPS) is 11.6. The summed E-state index contributed by atoms with van der Waals surface area (Å²) in [4.78, 5) is 16.4. The lowest BCUT2D eigenvalue weighted by Gasteiger charge is -2.03. The van der Waals surface area contributed by atoms with Gasteiger partial charge in [0.15, 0.2) is 5.13 Å². The van der Waals surface area contributed by atoms with Crippen molar-refractivity contribution < 1.29 is 17.6 Å². The molecule has 2 aromatic carbocycles. The number of benzene rings is 2. The van der Waals surface area contributed by atoms with Crippen molar-refractivity contribution in [2.45, 2.75) is 11.9 Å². The summed E-state index contributed by atoms with van der Waals surface area (Å²) < 4.78 is 33.9. The molecule has 8 nitrogen and oxygen atoms in total. The number of aryl methyl sites for hydroxylation is 1. The molecule has 12 heteroatoms. The van der Waals surface area contributed by atoms with E-state index >= 15 is 0 Å². The molecule has 0 saturated carbocycles. The quantitative estimate of drug-likeness (QED) is 0.419. The van der Waals surface area contributed by atoms with E-state index in [9.17, 15) is 13.2 Å². The monoisotopic (exact) mass is 483 g/mol. The highest BCUT2D eigenvalue weighted by molar-refractivity contribution is 7.92. The molecule has 0 aliphatic heterocycles. The molecule has 4 rings (SSSR count). The van der Waals surface area contributed by atoms with Gasteiger partial charge in [0.2, 0.25) is 5.69 Å². The Hall–Kier alpha value is -2.66. The van der Waals surface area contributed by atoms with Crippen LogP contribution in [0.3, 0.4) is 0 Å². The topological polar surface area (TPSA) is 109 Å². The van der Waals surface area contributed by atoms with Crippen LogP contribution in [0.2, 0.25) is 10.0 Å². The van der Waals surface area contributed by atoms with Gasteiger partial charge >= 0.3 is 20.7 Å². The number of thiazole rings is 1. The molecule has 2 heterocycles. The number of rotatable bonds is 5. The number of anilines is 1. The van der Waals surface area contributed by atoms with Gasteiger partial charge in [-0.15, -0.1) is 11.3 Å². The first kappa shape index (κ1) is 20.6. The standard InChI is InChI=1S/C18H12Cl2N4O4S2/c1-10-5-7-11(8-6-10)24-16(17(25)28-23-24)30(26,27)22-18-21-14(9-29-18)15-12(19)3-2-4-13(15)20/h2-9H,1H3,(H-,21,22,23,25)/p+1. The number of nitrogens with one attached hydrogen (secondary N) is 2. The Kier molecular flexibility index (Phi) is 5.41. The molecule has 0 spiro atoms. The predicted octanol–water partition coefficient (Wildman–Crippen LogP) is 3.78. The number of sulfonamides is 1. The maximum atomic E-state index is 12.9. The average Bonchev–Trinajstić information content (AvgIpc) is 3.29. The molecule has 0 unspecified atom stereocenters. The van der Waals surface area contributed by atoms with Gasteiger partial charge in [0.05, 0.1) is 15.7 Å². The van der Waals surface area contributed by atoms with Crippen LogP contribution in [0, 0.1) is 6.92 Å². The molecule has 0 fully saturated rings. The van der Waals surface area contributed by atoms with Crippen LogP contribution in [0.25, 0.3) is 16.9 Å². The van der Waals surface area contributed by atoms with E-state index in [2.05, 4.69) is 15.0 Å². The zero-order valence-corrected chi connectivity index (χ0v) is 18.4. The van der Waals surface area contributed by atoms with E-state index < -0.39 is 20.7 Å². The Morgan fingerprint density at radius 3 is 2.47 bits per heavy atom. The second-order valence-corrected chi connectivity index (χ2v) is 9.47. The Balaban J connectivity index is 1.70. The molecule has 2 aromatic heterocycles. The Morgan fingerprint density at radius 2 is 1.80 bits per heavy atom. The minimum atomic E-state index is -4.32. The lowest BCUT2D eigenvalue weighted by atomic mass is 10.2. The van der Waals surface area contributed by atoms with E-state index in [1.165, 1.54) is 0 Å². The number of hydrogen-bond acceptors (Lipinski definition) is 6. The Morgan fingerprint density at radius 1 is 1.13 bits per heavy atom. The second kappa shape index (κ2) is 7.88. The van der Waals surface area contributed by atoms with Gasteiger partial charge in [0, 0.05) is 23.1 Å². The molecule has 0 amide bonds. The van der Waals surface area contributed by atoms with Gasteiger partial charge in [0.25, 0.3) is 0 Å². The van der Waals surface area contributed by atoms with Crippen LogP contribution in [0.5, 0.6) is 0 Å². The van der Waals surface area contributed by atoms with Gasteiger partial charge in [-0.3, -0.25) is 4.52 Å². The number of H-pyrrole nitrogens is 1. The van der Waals surface area contributed by atoms with E-state index in [0.29, 0.717) is 27.0 Å². The third-order valence-electron chi connectivity index (χ3n) is 4.10. The third kappa shape index (κ3) is 3.86. The van der Waals surface area contributed by atoms with Crippen LogP contribution in [0.15, 0.2) is 62.2 Å². The fourth-order valence-electron chi connectivity index (χ4n) is 2.70. The zero-order valence-electron chi connectivity index (χ0n) is 15.2. The summed E-state index contributed by atoms with van der Waals surface area (Å²) in [5.41, 5.74) is 1.23. The van der Waals surface area contributed by atoms with Crippen LogP contribution in [-0.4, -0.2) is 18.7 Å². The van der Waals surface area contributed by atoms with Crippen molar-refractivity contribution in [1.82, 2.24) is 10.3 Å². The summed E-state index contributed by atoms with van der Waals surface area (Å²) in [6.07, 6.45) is 0. The van der Waals surface area contributed by atoms with Gasteiger partial charge in [0.1, 0.15) is 0 Å². The fraction of sp³-hybridized carbons (Fsp3) is 0.0556. The number of aromatic nitrogens is 3. The molecule has 0 radical (unpaired) electrons. The maximum Gasteiger partial charge on any atom is 0.449 e. The predicted molar refractivity (Wildman–Crippen MR) is 114 cm³/mol. The molecule has 0 atom stereocenters. The van der Waals surface area contributed by atoms with Crippen LogP contribution in [-0.2, 0) is 10.0 Å². The maximum absolute atomic E-state index is 12.9. The molecule has 0 aliphatic rings. The van der Waals surface area contributed by atoms with Gasteiger partial charge in [-0.1, -0.05) is 47.0 Å². The van der Waals surface area contributed by atoms with Gasteiger partial charge < -0.3 is 0 Å². The first-order valence-electron chi connectivity index (χ1n) is 8.39. The summed E-state index contributed by atoms with van der Waals surface area (Å²) in [6.45, 7) is 1.89. The number of halogens is 2. The molecular formula is C18H13Cl2N4O4S2+. The van der Waals surface area contributed by atoms with Crippen LogP contribution >= 0.6 is 34.5 Å². The number of nitrogens with zero attached hydrogens (tertiary/aromatic N) is 2. The Labute approximate surface area is 184 Å². The lowest BCUT2D eigenvalue weighted by Crippen LogP contribution is -2.42. The number of hydrogen-bond donors (Lipinski definition) is 2. The summed E-state index contributed by atoms with van der Waals surface area (Å²) in [7, 11) is -4.32. The first-order chi connectivity index (χ1) is 14.3. The highest BCUT2D eigenvalue weighted by Gasteiger charge is 2.37. The first-order valence-corrected chi connectivity index (χ1v) is 11.5. The van der Waals surface area contributed by atoms with Crippen molar-refractivity contribution >= 4 is 49.7 Å². The van der Waals surface area contributed by atoms with E-state index in [4.69, 9.17) is 27.7 Å². The second-order valence-electron chi connectivity index (χ2n) is 6.20. The van der Waals surface area contributed by atoms with Crippen LogP contribution < -0.4 is 15.0 Å². The molecule has 4 aromatic rings. The van der Waals surface area contributed by atoms with Crippen molar-refractivity contribution in [1.29, 1.82) is 0 Å². The van der Waals surface area contributed by atoms with Gasteiger partial charge in [-0.25, -0.2) is 14.5 Å². The molecule has 0 saturated heterocycles. The van der Waals surface area contributed by atoms with E-state index in [0.717, 1.165) is 21.6 Å². The molecule has 30 heavy (non-hydrogen) atoms. The van der Waals surface area contributed by atoms with Crippen molar-refractivity contribution in [2.75, 3.05) is 4.72 Å². The summed E-state index contributed by atoms with van der Waals surface area (Å²) in [6, 6.07) is 11.9. The Bertz CT molecular complexity index is 1370. The lowest BCUT2D eigenvalue weighted by molar-refractivity contribution is -0.705. The van der Waals surface area contributed by atoms with E-state index in [1.54, 1.807) is 47.8 Å². The van der Waals surface area contributed by atoms with Crippen molar-refractivity contribution in [3.05, 3.63) is 73.9 Å². The smallest absolute Gasteiger partial charge is 0.281 e. The summed E-state index contributed by atoms with van der Waals surface area (Å²) in [5, 5.41) is 4.10. The van der Waals surface area contributed by atoms with Crippen LogP contribution in [0.1, 0.15) is 5.56 Å². The van der Waals surface area contributed by atoms with E-state index in [-0.39, 0.29) is 5.13 Å². The van der Waals surface area contributed by atoms with Crippen molar-refractivity contribution in [3.63, 3.8) is 0 Å².